The van der Waals surface area contributed by atoms with Gasteiger partial charge in [-0.25, -0.2) is 14.8 Å². The van der Waals surface area contributed by atoms with Gasteiger partial charge in [-0.05, 0) is 26.7 Å². The van der Waals surface area contributed by atoms with Gasteiger partial charge in [0.25, 0.3) is 0 Å². The molecule has 1 unspecified atom stereocenters. The lowest BCUT2D eigenvalue weighted by atomic mass is 10.3. The highest BCUT2D eigenvalue weighted by Gasteiger charge is 2.27. The predicted octanol–water partition coefficient (Wildman–Crippen LogP) is 2.37. The molecule has 0 amide bonds. The molecule has 98 valence electrons. The van der Waals surface area contributed by atoms with Crippen LogP contribution in [0.1, 0.15) is 38.4 Å². The second kappa shape index (κ2) is 5.52. The molecular weight excluding hydrogens is 254 g/mol. The topological polar surface area (TPSA) is 64.1 Å². The molecule has 0 spiro atoms. The van der Waals surface area contributed by atoms with E-state index in [0.29, 0.717) is 23.5 Å². The average molecular weight is 270 g/mol. The molecular formula is C12H16ClN3O2. The van der Waals surface area contributed by atoms with Gasteiger partial charge in [0, 0.05) is 12.0 Å². The number of ether oxygens (including phenoxy) is 1. The zero-order chi connectivity index (χ0) is 13.1. The number of hydrogen-bond acceptors (Lipinski definition) is 5. The van der Waals surface area contributed by atoms with Crippen LogP contribution in [-0.4, -0.2) is 28.6 Å². The van der Waals surface area contributed by atoms with Crippen LogP contribution in [0.3, 0.4) is 0 Å². The highest BCUT2D eigenvalue weighted by Crippen LogP contribution is 2.38. The highest BCUT2D eigenvalue weighted by molar-refractivity contribution is 6.29. The van der Waals surface area contributed by atoms with Crippen LogP contribution in [0.4, 0.5) is 5.82 Å². The summed E-state index contributed by atoms with van der Waals surface area (Å²) in [6, 6.07) is 1.16. The number of hydrogen-bond donors (Lipinski definition) is 1. The molecule has 1 aliphatic rings. The largest absolute Gasteiger partial charge is 0.464 e. The third-order valence-corrected chi connectivity index (χ3v) is 2.85. The molecule has 0 aromatic carbocycles. The first-order valence-corrected chi connectivity index (χ1v) is 6.45. The molecule has 1 atom stereocenters. The van der Waals surface area contributed by atoms with E-state index in [0.717, 1.165) is 18.7 Å². The van der Waals surface area contributed by atoms with Gasteiger partial charge in [0.1, 0.15) is 22.8 Å². The number of nitrogens with zero attached hydrogens (tertiary/aromatic N) is 2. The minimum atomic E-state index is -0.456. The van der Waals surface area contributed by atoms with Crippen molar-refractivity contribution in [3.63, 3.8) is 0 Å². The third kappa shape index (κ3) is 3.32. The van der Waals surface area contributed by atoms with Crippen LogP contribution in [0.25, 0.3) is 0 Å². The van der Waals surface area contributed by atoms with Gasteiger partial charge in [0.05, 0.1) is 6.61 Å². The van der Waals surface area contributed by atoms with Crippen LogP contribution in [0.5, 0.6) is 0 Å². The van der Waals surface area contributed by atoms with Crippen molar-refractivity contribution >= 4 is 23.4 Å². The minimum absolute atomic E-state index is 0.305. The molecule has 18 heavy (non-hydrogen) atoms. The van der Waals surface area contributed by atoms with Crippen LogP contribution in [0, 0.1) is 0 Å². The lowest BCUT2D eigenvalue weighted by molar-refractivity contribution is -0.143. The van der Waals surface area contributed by atoms with E-state index >= 15 is 0 Å². The second-order valence-corrected chi connectivity index (χ2v) is 4.71. The predicted molar refractivity (Wildman–Crippen MR) is 68.7 cm³/mol. The van der Waals surface area contributed by atoms with E-state index in [2.05, 4.69) is 15.3 Å². The molecule has 1 aromatic rings. The number of esters is 1. The van der Waals surface area contributed by atoms with Gasteiger partial charge < -0.3 is 10.1 Å². The van der Waals surface area contributed by atoms with Gasteiger partial charge in [-0.3, -0.25) is 0 Å². The highest BCUT2D eigenvalue weighted by atomic mass is 35.5. The molecule has 2 rings (SSSR count). The number of carbonyl (C=O) groups is 1. The maximum Gasteiger partial charge on any atom is 0.328 e. The molecule has 5 nitrogen and oxygen atoms in total. The molecule has 1 aromatic heterocycles. The smallest absolute Gasteiger partial charge is 0.328 e. The first-order chi connectivity index (χ1) is 8.60. The molecule has 1 fully saturated rings. The average Bonchev–Trinajstić information content (AvgIpc) is 3.12. The summed E-state index contributed by atoms with van der Waals surface area (Å²) in [5.41, 5.74) is 0. The Hall–Kier alpha value is -1.36. The van der Waals surface area contributed by atoms with Gasteiger partial charge >= 0.3 is 5.97 Å². The van der Waals surface area contributed by atoms with Crippen molar-refractivity contribution in [2.45, 2.75) is 38.6 Å². The van der Waals surface area contributed by atoms with Gasteiger partial charge in [-0.2, -0.15) is 0 Å². The van der Waals surface area contributed by atoms with Gasteiger partial charge in [-0.1, -0.05) is 11.6 Å². The SMILES string of the molecule is CCOC(=O)C(C)Nc1cc(Cl)nc(C2CC2)n1. The van der Waals surface area contributed by atoms with Gasteiger partial charge in [-0.15, -0.1) is 0 Å². The standard InChI is InChI=1S/C12H16ClN3O2/c1-3-18-12(17)7(2)14-10-6-9(13)15-11(16-10)8-4-5-8/h6-8H,3-5H2,1-2H3,(H,14,15,16). The number of carbonyl (C=O) groups excluding carboxylic acids is 1. The first kappa shape index (κ1) is 13.1. The van der Waals surface area contributed by atoms with Crippen molar-refractivity contribution in [2.24, 2.45) is 0 Å². The van der Waals surface area contributed by atoms with E-state index in [1.807, 2.05) is 0 Å². The van der Waals surface area contributed by atoms with Crippen molar-refractivity contribution in [3.05, 3.63) is 17.0 Å². The number of nitrogens with one attached hydrogen (secondary N) is 1. The van der Waals surface area contributed by atoms with E-state index in [4.69, 9.17) is 16.3 Å². The Morgan fingerprint density at radius 3 is 2.94 bits per heavy atom. The zero-order valence-corrected chi connectivity index (χ0v) is 11.2. The van der Waals surface area contributed by atoms with Crippen LogP contribution in [0.2, 0.25) is 5.15 Å². The van der Waals surface area contributed by atoms with E-state index in [-0.39, 0.29) is 5.97 Å². The van der Waals surface area contributed by atoms with E-state index in [1.165, 1.54) is 0 Å². The molecule has 1 N–H and O–H groups in total. The maximum absolute atomic E-state index is 11.5. The number of halogens is 1. The fourth-order valence-corrected chi connectivity index (χ4v) is 1.77. The summed E-state index contributed by atoms with van der Waals surface area (Å²) < 4.78 is 4.92. The van der Waals surface area contributed by atoms with Crippen LogP contribution >= 0.6 is 11.6 Å². The minimum Gasteiger partial charge on any atom is -0.464 e. The Morgan fingerprint density at radius 2 is 2.33 bits per heavy atom. The zero-order valence-electron chi connectivity index (χ0n) is 10.4. The van der Waals surface area contributed by atoms with Crippen molar-refractivity contribution in [2.75, 3.05) is 11.9 Å². The Bertz CT molecular complexity index is 449. The van der Waals surface area contributed by atoms with Crippen molar-refractivity contribution in [1.82, 2.24) is 9.97 Å². The van der Waals surface area contributed by atoms with E-state index in [1.54, 1.807) is 19.9 Å². The van der Waals surface area contributed by atoms with Crippen molar-refractivity contribution in [1.29, 1.82) is 0 Å². The summed E-state index contributed by atoms with van der Waals surface area (Å²) in [7, 11) is 0. The Labute approximate surface area is 111 Å². The van der Waals surface area contributed by atoms with Gasteiger partial charge in [0.2, 0.25) is 0 Å². The third-order valence-electron chi connectivity index (χ3n) is 2.66. The Balaban J connectivity index is 2.06. The second-order valence-electron chi connectivity index (χ2n) is 4.33. The number of rotatable bonds is 5. The first-order valence-electron chi connectivity index (χ1n) is 6.07. The number of anilines is 1. The molecule has 1 heterocycles. The lowest BCUT2D eigenvalue weighted by Crippen LogP contribution is -2.28. The summed E-state index contributed by atoms with van der Waals surface area (Å²) in [5.74, 6) is 1.43. The summed E-state index contributed by atoms with van der Waals surface area (Å²) in [6.45, 7) is 3.87. The molecule has 0 saturated heterocycles. The molecule has 0 aliphatic heterocycles. The summed E-state index contributed by atoms with van der Waals surface area (Å²) in [5, 5.41) is 3.37. The lowest BCUT2D eigenvalue weighted by Gasteiger charge is -2.13. The Kier molecular flexibility index (Phi) is 4.01. The number of aromatic nitrogens is 2. The van der Waals surface area contributed by atoms with Crippen LogP contribution in [0.15, 0.2) is 6.07 Å². The molecule has 6 heteroatoms. The van der Waals surface area contributed by atoms with E-state index in [9.17, 15) is 4.79 Å². The van der Waals surface area contributed by atoms with Crippen LogP contribution in [-0.2, 0) is 9.53 Å². The van der Waals surface area contributed by atoms with Crippen molar-refractivity contribution in [3.8, 4) is 0 Å². The Morgan fingerprint density at radius 1 is 1.61 bits per heavy atom. The van der Waals surface area contributed by atoms with Crippen molar-refractivity contribution < 1.29 is 9.53 Å². The monoisotopic (exact) mass is 269 g/mol. The summed E-state index contributed by atoms with van der Waals surface area (Å²) in [6.07, 6.45) is 2.21. The molecule has 0 radical (unpaired) electrons. The molecule has 1 aliphatic carbocycles. The normalized spacial score (nSPS) is 16.2. The van der Waals surface area contributed by atoms with E-state index < -0.39 is 6.04 Å². The van der Waals surface area contributed by atoms with Gasteiger partial charge in [0.15, 0.2) is 0 Å². The summed E-state index contributed by atoms with van der Waals surface area (Å²) in [4.78, 5) is 20.0. The summed E-state index contributed by atoms with van der Waals surface area (Å²) >= 11 is 5.94. The maximum atomic E-state index is 11.5. The molecule has 0 bridgehead atoms. The van der Waals surface area contributed by atoms with Crippen LogP contribution < -0.4 is 5.32 Å². The quantitative estimate of drug-likeness (QED) is 0.657. The molecule has 1 saturated carbocycles. The fourth-order valence-electron chi connectivity index (χ4n) is 1.58. The fraction of sp³-hybridized carbons (Fsp3) is 0.583.